The first-order chi connectivity index (χ1) is 8.10. The van der Waals surface area contributed by atoms with E-state index in [4.69, 9.17) is 5.11 Å². The maximum Gasteiger partial charge on any atom is 0.305 e. The zero-order chi connectivity index (χ0) is 12.3. The highest BCUT2D eigenvalue weighted by atomic mass is 16.4. The Morgan fingerprint density at radius 2 is 2.06 bits per heavy atom. The third-order valence-corrected chi connectivity index (χ3v) is 3.20. The predicted molar refractivity (Wildman–Crippen MR) is 65.9 cm³/mol. The van der Waals surface area contributed by atoms with Crippen molar-refractivity contribution in [3.05, 3.63) is 35.4 Å². The molecule has 1 aromatic carbocycles. The van der Waals surface area contributed by atoms with E-state index in [2.05, 4.69) is 41.8 Å². The van der Waals surface area contributed by atoms with Gasteiger partial charge in [0.05, 0.1) is 12.0 Å². The molecule has 0 unspecified atom stereocenters. The molecule has 2 rings (SSSR count). The van der Waals surface area contributed by atoms with Gasteiger partial charge < -0.3 is 15.7 Å². The summed E-state index contributed by atoms with van der Waals surface area (Å²) in [6.45, 7) is 4.23. The standard InChI is InChI=1S/C13H18N2O2/c1-10-2-4-11(5-3-10)7-15-13(6-12(16)17)8-14-9-13/h2-5,14-15H,6-9H2,1H3,(H,16,17). The van der Waals surface area contributed by atoms with Gasteiger partial charge in [0.15, 0.2) is 0 Å². The minimum absolute atomic E-state index is 0.172. The Labute approximate surface area is 101 Å². The van der Waals surface area contributed by atoms with Gasteiger partial charge in [0.1, 0.15) is 0 Å². The van der Waals surface area contributed by atoms with E-state index in [1.54, 1.807) is 0 Å². The lowest BCUT2D eigenvalue weighted by Gasteiger charge is -2.42. The number of aryl methyl sites for hydroxylation is 1. The van der Waals surface area contributed by atoms with Gasteiger partial charge in [0.25, 0.3) is 0 Å². The molecular weight excluding hydrogens is 216 g/mol. The molecule has 0 aromatic heterocycles. The lowest BCUT2D eigenvalue weighted by molar-refractivity contribution is -0.139. The summed E-state index contributed by atoms with van der Waals surface area (Å²) in [6, 6.07) is 8.28. The monoisotopic (exact) mass is 234 g/mol. The number of carboxylic acid groups (broad SMARTS) is 1. The van der Waals surface area contributed by atoms with Gasteiger partial charge in [-0.2, -0.15) is 0 Å². The molecule has 0 atom stereocenters. The minimum Gasteiger partial charge on any atom is -0.481 e. The van der Waals surface area contributed by atoms with Gasteiger partial charge in [-0.3, -0.25) is 4.79 Å². The Bertz CT molecular complexity index is 396. The van der Waals surface area contributed by atoms with Crippen LogP contribution in [0.4, 0.5) is 0 Å². The van der Waals surface area contributed by atoms with Crippen LogP contribution in [0.15, 0.2) is 24.3 Å². The SMILES string of the molecule is Cc1ccc(CNC2(CC(=O)O)CNC2)cc1. The van der Waals surface area contributed by atoms with Gasteiger partial charge in [-0.1, -0.05) is 29.8 Å². The molecule has 0 amide bonds. The van der Waals surface area contributed by atoms with Crippen molar-refractivity contribution in [2.75, 3.05) is 13.1 Å². The second-order valence-electron chi connectivity index (χ2n) is 4.79. The summed E-state index contributed by atoms with van der Waals surface area (Å²) >= 11 is 0. The fourth-order valence-corrected chi connectivity index (χ4v) is 2.02. The van der Waals surface area contributed by atoms with Crippen molar-refractivity contribution in [1.29, 1.82) is 0 Å². The molecule has 1 aliphatic heterocycles. The van der Waals surface area contributed by atoms with Crippen LogP contribution >= 0.6 is 0 Å². The van der Waals surface area contributed by atoms with Gasteiger partial charge >= 0.3 is 5.97 Å². The zero-order valence-electron chi connectivity index (χ0n) is 9.99. The summed E-state index contributed by atoms with van der Waals surface area (Å²) in [5.74, 6) is -0.747. The van der Waals surface area contributed by atoms with Crippen molar-refractivity contribution in [2.24, 2.45) is 0 Å². The van der Waals surface area contributed by atoms with E-state index in [-0.39, 0.29) is 12.0 Å². The summed E-state index contributed by atoms with van der Waals surface area (Å²) < 4.78 is 0. The van der Waals surface area contributed by atoms with Crippen LogP contribution < -0.4 is 10.6 Å². The number of carbonyl (C=O) groups is 1. The first-order valence-electron chi connectivity index (χ1n) is 5.83. The first-order valence-corrected chi connectivity index (χ1v) is 5.83. The Hall–Kier alpha value is -1.39. The normalized spacial score (nSPS) is 17.5. The van der Waals surface area contributed by atoms with Crippen LogP contribution in [0, 0.1) is 6.92 Å². The second-order valence-corrected chi connectivity index (χ2v) is 4.79. The van der Waals surface area contributed by atoms with E-state index < -0.39 is 5.97 Å². The number of rotatable bonds is 5. The van der Waals surface area contributed by atoms with Crippen molar-refractivity contribution in [1.82, 2.24) is 10.6 Å². The highest BCUT2D eigenvalue weighted by Gasteiger charge is 2.38. The number of aliphatic carboxylic acids is 1. The average Bonchev–Trinajstić information content (AvgIpc) is 2.23. The van der Waals surface area contributed by atoms with E-state index in [1.807, 2.05) is 0 Å². The molecule has 1 fully saturated rings. The van der Waals surface area contributed by atoms with E-state index in [0.717, 1.165) is 19.6 Å². The topological polar surface area (TPSA) is 61.4 Å². The van der Waals surface area contributed by atoms with Crippen LogP contribution in [-0.2, 0) is 11.3 Å². The summed E-state index contributed by atoms with van der Waals surface area (Å²) in [7, 11) is 0. The summed E-state index contributed by atoms with van der Waals surface area (Å²) in [5, 5.41) is 15.4. The Balaban J connectivity index is 1.92. The molecule has 17 heavy (non-hydrogen) atoms. The minimum atomic E-state index is -0.747. The maximum atomic E-state index is 10.8. The zero-order valence-corrected chi connectivity index (χ0v) is 9.99. The molecule has 0 bridgehead atoms. The number of hydrogen-bond acceptors (Lipinski definition) is 3. The van der Waals surface area contributed by atoms with E-state index in [1.165, 1.54) is 11.1 Å². The fourth-order valence-electron chi connectivity index (χ4n) is 2.02. The molecule has 0 aliphatic carbocycles. The quantitative estimate of drug-likeness (QED) is 0.708. The lowest BCUT2D eigenvalue weighted by Crippen LogP contribution is -2.68. The lowest BCUT2D eigenvalue weighted by atomic mass is 9.88. The Morgan fingerprint density at radius 3 is 2.53 bits per heavy atom. The number of benzene rings is 1. The molecule has 1 heterocycles. The van der Waals surface area contributed by atoms with Crippen molar-refractivity contribution in [3.8, 4) is 0 Å². The molecule has 1 saturated heterocycles. The van der Waals surface area contributed by atoms with Crippen LogP contribution in [0.25, 0.3) is 0 Å². The molecule has 0 radical (unpaired) electrons. The van der Waals surface area contributed by atoms with Crippen molar-refractivity contribution >= 4 is 5.97 Å². The molecule has 3 N–H and O–H groups in total. The maximum absolute atomic E-state index is 10.8. The van der Waals surface area contributed by atoms with Crippen LogP contribution in [0.3, 0.4) is 0 Å². The van der Waals surface area contributed by atoms with Gasteiger partial charge in [0.2, 0.25) is 0 Å². The Kier molecular flexibility index (Phi) is 3.45. The van der Waals surface area contributed by atoms with Crippen molar-refractivity contribution < 1.29 is 9.90 Å². The van der Waals surface area contributed by atoms with Crippen LogP contribution in [0.5, 0.6) is 0 Å². The molecule has 1 aromatic rings. The highest BCUT2D eigenvalue weighted by molar-refractivity contribution is 5.68. The van der Waals surface area contributed by atoms with Crippen LogP contribution in [-0.4, -0.2) is 29.7 Å². The Morgan fingerprint density at radius 1 is 1.41 bits per heavy atom. The van der Waals surface area contributed by atoms with Gasteiger partial charge in [-0.05, 0) is 12.5 Å². The van der Waals surface area contributed by atoms with E-state index in [0.29, 0.717) is 0 Å². The molecular formula is C13H18N2O2. The largest absolute Gasteiger partial charge is 0.481 e. The molecule has 4 nitrogen and oxygen atoms in total. The third-order valence-electron chi connectivity index (χ3n) is 3.20. The molecule has 1 aliphatic rings. The number of hydrogen-bond donors (Lipinski definition) is 3. The molecule has 92 valence electrons. The number of carboxylic acids is 1. The first kappa shape index (κ1) is 12.1. The van der Waals surface area contributed by atoms with Gasteiger partial charge in [-0.15, -0.1) is 0 Å². The van der Waals surface area contributed by atoms with Crippen molar-refractivity contribution in [2.45, 2.75) is 25.4 Å². The highest BCUT2D eigenvalue weighted by Crippen LogP contribution is 2.17. The summed E-state index contributed by atoms with van der Waals surface area (Å²) in [6.07, 6.45) is 0.172. The summed E-state index contributed by atoms with van der Waals surface area (Å²) in [5.41, 5.74) is 2.16. The van der Waals surface area contributed by atoms with Gasteiger partial charge in [0, 0.05) is 19.6 Å². The van der Waals surface area contributed by atoms with E-state index in [9.17, 15) is 4.79 Å². The third kappa shape index (κ3) is 3.05. The molecule has 0 spiro atoms. The number of nitrogens with one attached hydrogen (secondary N) is 2. The van der Waals surface area contributed by atoms with E-state index >= 15 is 0 Å². The van der Waals surface area contributed by atoms with Gasteiger partial charge in [-0.25, -0.2) is 0 Å². The smallest absolute Gasteiger partial charge is 0.305 e. The predicted octanol–water partition coefficient (Wildman–Crippen LogP) is 0.901. The van der Waals surface area contributed by atoms with Crippen LogP contribution in [0.1, 0.15) is 17.5 Å². The molecule has 4 heteroatoms. The van der Waals surface area contributed by atoms with Crippen molar-refractivity contribution in [3.63, 3.8) is 0 Å². The average molecular weight is 234 g/mol. The van der Waals surface area contributed by atoms with Crippen LogP contribution in [0.2, 0.25) is 0 Å². The fraction of sp³-hybridized carbons (Fsp3) is 0.462. The molecule has 0 saturated carbocycles. The second kappa shape index (κ2) is 4.85. The summed E-state index contributed by atoms with van der Waals surface area (Å²) in [4.78, 5) is 10.8.